The van der Waals surface area contributed by atoms with E-state index in [9.17, 15) is 0 Å². The Balaban J connectivity index is 3.20. The Morgan fingerprint density at radius 1 is 1.55 bits per heavy atom. The van der Waals surface area contributed by atoms with E-state index in [4.69, 9.17) is 11.1 Å². The Bertz CT molecular complexity index is 294. The second-order valence-electron chi connectivity index (χ2n) is 2.36. The third-order valence-electron chi connectivity index (χ3n) is 1.42. The molecule has 1 aromatic rings. The first kappa shape index (κ1) is 8.27. The van der Waals surface area contributed by atoms with Gasteiger partial charge in [0.2, 0.25) is 0 Å². The van der Waals surface area contributed by atoms with Crippen LogP contribution in [0, 0.1) is 5.41 Å². The number of anilines is 1. The molecule has 0 unspecified atom stereocenters. The molecule has 3 heteroatoms. The van der Waals surface area contributed by atoms with Crippen LogP contribution in [0.1, 0.15) is 12.5 Å². The summed E-state index contributed by atoms with van der Waals surface area (Å²) in [6, 6.07) is 5.51. The van der Waals surface area contributed by atoms with E-state index < -0.39 is 0 Å². The minimum Gasteiger partial charge on any atom is -0.398 e. The molecule has 0 aromatic heterocycles. The lowest BCUT2D eigenvalue weighted by Crippen LogP contribution is -1.98. The number of nitrogens with two attached hydrogens (primary N) is 1. The number of hydrogen-bond acceptors (Lipinski definition) is 2. The van der Waals surface area contributed by atoms with Crippen molar-refractivity contribution in [2.75, 3.05) is 5.73 Å². The number of hydrogen-bond donors (Lipinski definition) is 2. The molecule has 0 saturated heterocycles. The highest BCUT2D eigenvalue weighted by Gasteiger charge is 2.00. The smallest absolute Gasteiger partial charge is 0.0417 e. The van der Waals surface area contributed by atoms with Crippen LogP contribution in [0.4, 0.5) is 5.69 Å². The number of halogens is 1. The molecular formula is C8H9BrN2. The fraction of sp³-hybridized carbons (Fsp3) is 0.125. The van der Waals surface area contributed by atoms with Gasteiger partial charge in [0.05, 0.1) is 0 Å². The van der Waals surface area contributed by atoms with Crippen molar-refractivity contribution < 1.29 is 0 Å². The topological polar surface area (TPSA) is 49.9 Å². The van der Waals surface area contributed by atoms with Crippen LogP contribution in [-0.4, -0.2) is 5.71 Å². The number of rotatable bonds is 1. The van der Waals surface area contributed by atoms with Gasteiger partial charge in [0.1, 0.15) is 0 Å². The van der Waals surface area contributed by atoms with Crippen LogP contribution in [0.2, 0.25) is 0 Å². The molecule has 3 N–H and O–H groups in total. The predicted octanol–water partition coefficient (Wildman–Crippen LogP) is 2.42. The normalized spacial score (nSPS) is 9.64. The first-order chi connectivity index (χ1) is 5.11. The lowest BCUT2D eigenvalue weighted by Gasteiger charge is -2.02. The quantitative estimate of drug-likeness (QED) is 0.546. The molecule has 0 atom stereocenters. The van der Waals surface area contributed by atoms with Crippen molar-refractivity contribution in [2.45, 2.75) is 6.92 Å². The van der Waals surface area contributed by atoms with Crippen LogP contribution in [-0.2, 0) is 0 Å². The highest BCUT2D eigenvalue weighted by molar-refractivity contribution is 9.10. The minimum absolute atomic E-state index is 0.495. The van der Waals surface area contributed by atoms with E-state index in [1.165, 1.54) is 0 Å². The highest BCUT2D eigenvalue weighted by Crippen LogP contribution is 2.18. The van der Waals surface area contributed by atoms with Crippen LogP contribution < -0.4 is 5.73 Å². The molecule has 1 aromatic carbocycles. The Kier molecular flexibility index (Phi) is 2.29. The van der Waals surface area contributed by atoms with E-state index in [2.05, 4.69) is 15.9 Å². The number of nitrogen functional groups attached to an aromatic ring is 1. The van der Waals surface area contributed by atoms with Gasteiger partial charge in [-0.2, -0.15) is 0 Å². The van der Waals surface area contributed by atoms with Gasteiger partial charge in [-0.25, -0.2) is 0 Å². The maximum Gasteiger partial charge on any atom is 0.0417 e. The molecule has 1 rings (SSSR count). The third kappa shape index (κ3) is 1.80. The molecule has 0 amide bonds. The van der Waals surface area contributed by atoms with Crippen LogP contribution in [0.5, 0.6) is 0 Å². The summed E-state index contributed by atoms with van der Waals surface area (Å²) in [6.45, 7) is 1.72. The van der Waals surface area contributed by atoms with Crippen LogP contribution in [0.15, 0.2) is 22.7 Å². The number of benzene rings is 1. The summed E-state index contributed by atoms with van der Waals surface area (Å²) in [5.41, 5.74) is 7.59. The molecule has 0 heterocycles. The Labute approximate surface area is 74.1 Å². The summed E-state index contributed by atoms with van der Waals surface area (Å²) in [6.07, 6.45) is 0. The summed E-state index contributed by atoms with van der Waals surface area (Å²) in [4.78, 5) is 0. The fourth-order valence-electron chi connectivity index (χ4n) is 0.875. The Hall–Kier alpha value is -0.830. The highest BCUT2D eigenvalue weighted by atomic mass is 79.9. The summed E-state index contributed by atoms with van der Waals surface area (Å²) >= 11 is 3.29. The summed E-state index contributed by atoms with van der Waals surface area (Å²) in [5, 5.41) is 7.35. The lowest BCUT2D eigenvalue weighted by molar-refractivity contribution is 1.45. The standard InChI is InChI=1S/C8H9BrN2/c1-5(10)7-3-2-6(9)4-8(7)11/h2-4,10H,11H2,1H3. The molecule has 0 saturated carbocycles. The molecule has 0 fully saturated rings. The average Bonchev–Trinajstić information content (AvgIpc) is 1.85. The Morgan fingerprint density at radius 2 is 2.18 bits per heavy atom. The van der Waals surface area contributed by atoms with Gasteiger partial charge < -0.3 is 11.1 Å². The van der Waals surface area contributed by atoms with Crippen molar-refractivity contribution in [1.82, 2.24) is 0 Å². The number of nitrogens with one attached hydrogen (secondary N) is 1. The van der Waals surface area contributed by atoms with Crippen molar-refractivity contribution in [3.8, 4) is 0 Å². The van der Waals surface area contributed by atoms with Crippen LogP contribution in [0.25, 0.3) is 0 Å². The summed E-state index contributed by atoms with van der Waals surface area (Å²) in [5.74, 6) is 0. The van der Waals surface area contributed by atoms with Gasteiger partial charge in [0.25, 0.3) is 0 Å². The zero-order valence-electron chi connectivity index (χ0n) is 6.19. The Morgan fingerprint density at radius 3 is 2.64 bits per heavy atom. The van der Waals surface area contributed by atoms with Crippen LogP contribution >= 0.6 is 15.9 Å². The van der Waals surface area contributed by atoms with Crippen molar-refractivity contribution in [2.24, 2.45) is 0 Å². The first-order valence-electron chi connectivity index (χ1n) is 3.22. The van der Waals surface area contributed by atoms with Gasteiger partial charge in [0.15, 0.2) is 0 Å². The molecule has 2 nitrogen and oxygen atoms in total. The van der Waals surface area contributed by atoms with Crippen LogP contribution in [0.3, 0.4) is 0 Å². The maximum absolute atomic E-state index is 7.35. The predicted molar refractivity (Wildman–Crippen MR) is 51.1 cm³/mol. The zero-order valence-corrected chi connectivity index (χ0v) is 7.77. The van der Waals surface area contributed by atoms with Gasteiger partial charge in [0, 0.05) is 21.4 Å². The molecule has 0 aliphatic heterocycles. The second kappa shape index (κ2) is 3.05. The van der Waals surface area contributed by atoms with E-state index in [-0.39, 0.29) is 0 Å². The van der Waals surface area contributed by atoms with Crippen molar-refractivity contribution >= 4 is 27.3 Å². The molecule has 0 aliphatic carbocycles. The largest absolute Gasteiger partial charge is 0.398 e. The van der Waals surface area contributed by atoms with Crippen molar-refractivity contribution in [3.63, 3.8) is 0 Å². The van der Waals surface area contributed by atoms with Gasteiger partial charge in [-0.3, -0.25) is 0 Å². The van der Waals surface area contributed by atoms with Gasteiger partial charge in [-0.15, -0.1) is 0 Å². The van der Waals surface area contributed by atoms with Gasteiger partial charge in [-0.1, -0.05) is 15.9 Å². The summed E-state index contributed by atoms with van der Waals surface area (Å²) < 4.78 is 0.944. The molecule has 11 heavy (non-hydrogen) atoms. The van der Waals surface area contributed by atoms with Gasteiger partial charge >= 0.3 is 0 Å². The molecule has 58 valence electrons. The zero-order chi connectivity index (χ0) is 8.43. The maximum atomic E-state index is 7.35. The van der Waals surface area contributed by atoms with E-state index in [0.717, 1.165) is 10.0 Å². The molecule has 0 aliphatic rings. The summed E-state index contributed by atoms with van der Waals surface area (Å²) in [7, 11) is 0. The average molecular weight is 213 g/mol. The lowest BCUT2D eigenvalue weighted by atomic mass is 10.1. The van der Waals surface area contributed by atoms with E-state index in [0.29, 0.717) is 11.4 Å². The molecule has 0 spiro atoms. The molecular weight excluding hydrogens is 204 g/mol. The van der Waals surface area contributed by atoms with E-state index in [1.54, 1.807) is 13.0 Å². The van der Waals surface area contributed by atoms with E-state index in [1.807, 2.05) is 12.1 Å². The van der Waals surface area contributed by atoms with Crippen molar-refractivity contribution in [3.05, 3.63) is 28.2 Å². The minimum atomic E-state index is 0.495. The SMILES string of the molecule is CC(=N)c1ccc(Br)cc1N. The van der Waals surface area contributed by atoms with E-state index >= 15 is 0 Å². The second-order valence-corrected chi connectivity index (χ2v) is 3.27. The first-order valence-corrected chi connectivity index (χ1v) is 4.01. The van der Waals surface area contributed by atoms with Gasteiger partial charge in [-0.05, 0) is 25.1 Å². The monoisotopic (exact) mass is 212 g/mol. The third-order valence-corrected chi connectivity index (χ3v) is 1.91. The fourth-order valence-corrected chi connectivity index (χ4v) is 1.25. The molecule has 0 bridgehead atoms. The molecule has 0 radical (unpaired) electrons. The van der Waals surface area contributed by atoms with Crippen molar-refractivity contribution in [1.29, 1.82) is 5.41 Å².